The summed E-state index contributed by atoms with van der Waals surface area (Å²) in [6, 6.07) is 63.2. The SMILES string of the molecule is C1=Cc2ccc(-c3c4ccc(-c5cccc6ccccc56)cc4c(-c4ccccc4)c4ccc(-c5cccc6ccccc56)cc34)cc2CC1. The van der Waals surface area contributed by atoms with Crippen LogP contribution in [0, 0.1) is 0 Å². The molecule has 0 fully saturated rings. The number of aryl methyl sites for hydroxylation is 1. The van der Waals surface area contributed by atoms with E-state index in [-0.39, 0.29) is 0 Å². The van der Waals surface area contributed by atoms with Crippen LogP contribution < -0.4 is 0 Å². The summed E-state index contributed by atoms with van der Waals surface area (Å²) in [6.45, 7) is 0. The molecular weight excluding hydrogens is 601 g/mol. The lowest BCUT2D eigenvalue weighted by Gasteiger charge is -2.21. The van der Waals surface area contributed by atoms with E-state index < -0.39 is 0 Å². The molecule has 9 aromatic carbocycles. The Kier molecular flexibility index (Phi) is 6.74. The summed E-state index contributed by atoms with van der Waals surface area (Å²) in [6.07, 6.45) is 6.74. The fourth-order valence-electron chi connectivity index (χ4n) is 8.33. The van der Waals surface area contributed by atoms with Gasteiger partial charge in [0.2, 0.25) is 0 Å². The summed E-state index contributed by atoms with van der Waals surface area (Å²) in [5, 5.41) is 10.2. The van der Waals surface area contributed by atoms with E-state index in [0.717, 1.165) is 12.8 Å². The number of fused-ring (bicyclic) bond motifs is 5. The molecule has 0 bridgehead atoms. The van der Waals surface area contributed by atoms with Crippen LogP contribution in [-0.4, -0.2) is 0 Å². The van der Waals surface area contributed by atoms with Crippen molar-refractivity contribution in [2.45, 2.75) is 12.8 Å². The van der Waals surface area contributed by atoms with E-state index in [9.17, 15) is 0 Å². The number of benzene rings is 9. The first-order valence-corrected chi connectivity index (χ1v) is 17.7. The molecule has 0 unspecified atom stereocenters. The van der Waals surface area contributed by atoms with Gasteiger partial charge in [-0.25, -0.2) is 0 Å². The van der Waals surface area contributed by atoms with Gasteiger partial charge in [-0.15, -0.1) is 0 Å². The molecule has 0 saturated heterocycles. The van der Waals surface area contributed by atoms with Gasteiger partial charge in [0.05, 0.1) is 0 Å². The Balaban J connectivity index is 1.33. The van der Waals surface area contributed by atoms with E-state index in [1.54, 1.807) is 0 Å². The normalized spacial score (nSPS) is 12.6. The molecule has 1 aliphatic carbocycles. The van der Waals surface area contributed by atoms with E-state index in [1.165, 1.54) is 98.7 Å². The zero-order valence-corrected chi connectivity index (χ0v) is 27.7. The van der Waals surface area contributed by atoms with E-state index in [4.69, 9.17) is 0 Å². The second kappa shape index (κ2) is 11.7. The van der Waals surface area contributed by atoms with Crippen LogP contribution in [0.3, 0.4) is 0 Å². The molecule has 0 spiro atoms. The van der Waals surface area contributed by atoms with Crippen LogP contribution in [0.4, 0.5) is 0 Å². The summed E-state index contributed by atoms with van der Waals surface area (Å²) in [5.41, 5.74) is 12.9. The van der Waals surface area contributed by atoms with Gasteiger partial charge in [0.1, 0.15) is 0 Å². The lowest BCUT2D eigenvalue weighted by atomic mass is 9.82. The maximum Gasteiger partial charge on any atom is -0.00260 e. The fraction of sp³-hybridized carbons (Fsp3) is 0.0400. The van der Waals surface area contributed by atoms with Crippen LogP contribution in [0.2, 0.25) is 0 Å². The van der Waals surface area contributed by atoms with Crippen molar-refractivity contribution in [1.82, 2.24) is 0 Å². The van der Waals surface area contributed by atoms with Crippen LogP contribution in [0.25, 0.3) is 93.7 Å². The topological polar surface area (TPSA) is 0 Å². The lowest BCUT2D eigenvalue weighted by Crippen LogP contribution is -1.96. The number of allylic oxidation sites excluding steroid dienone is 1. The van der Waals surface area contributed by atoms with Crippen molar-refractivity contribution in [3.8, 4) is 44.5 Å². The molecule has 234 valence electrons. The standard InChI is InChI=1S/C50H34/c1-2-15-36(16-3-1)49-45-28-26-39(44-23-11-19-35-14-7-9-21-42(35)44)32-48(45)50(40-25-24-33-12-4-5-17-37(33)30-40)46-29-27-38(31-47(46)49)43-22-10-18-34-13-6-8-20-41(34)43/h1-4,6-16,18-32H,5,17H2. The summed E-state index contributed by atoms with van der Waals surface area (Å²) in [5.74, 6) is 0. The highest BCUT2D eigenvalue weighted by atomic mass is 14.2. The first-order valence-electron chi connectivity index (χ1n) is 17.7. The number of rotatable bonds is 4. The van der Waals surface area contributed by atoms with Crippen LogP contribution in [-0.2, 0) is 6.42 Å². The molecule has 0 amide bonds. The van der Waals surface area contributed by atoms with Crippen molar-refractivity contribution >= 4 is 49.2 Å². The molecule has 0 nitrogen and oxygen atoms in total. The number of hydrogen-bond donors (Lipinski definition) is 0. The molecule has 1 aliphatic rings. The molecule has 50 heavy (non-hydrogen) atoms. The van der Waals surface area contributed by atoms with Crippen LogP contribution >= 0.6 is 0 Å². The number of hydrogen-bond acceptors (Lipinski definition) is 0. The Morgan fingerprint density at radius 2 is 0.880 bits per heavy atom. The third-order valence-corrected chi connectivity index (χ3v) is 10.7. The van der Waals surface area contributed by atoms with Crippen molar-refractivity contribution in [1.29, 1.82) is 0 Å². The van der Waals surface area contributed by atoms with E-state index >= 15 is 0 Å². The molecule has 0 radical (unpaired) electrons. The van der Waals surface area contributed by atoms with Gasteiger partial charge in [-0.05, 0) is 124 Å². The second-order valence-corrected chi connectivity index (χ2v) is 13.5. The monoisotopic (exact) mass is 634 g/mol. The molecule has 0 heterocycles. The molecule has 0 N–H and O–H groups in total. The molecule has 0 saturated carbocycles. The largest absolute Gasteiger partial charge is 0.0836 e. The Labute approximate surface area is 292 Å². The Morgan fingerprint density at radius 3 is 1.52 bits per heavy atom. The van der Waals surface area contributed by atoms with Crippen molar-refractivity contribution in [3.63, 3.8) is 0 Å². The quantitative estimate of drug-likeness (QED) is 0.169. The average molecular weight is 635 g/mol. The van der Waals surface area contributed by atoms with Crippen molar-refractivity contribution in [3.05, 3.63) is 187 Å². The molecule has 9 aromatic rings. The fourth-order valence-corrected chi connectivity index (χ4v) is 8.33. The van der Waals surface area contributed by atoms with Gasteiger partial charge in [-0.3, -0.25) is 0 Å². The van der Waals surface area contributed by atoms with Crippen molar-refractivity contribution in [2.75, 3.05) is 0 Å². The smallest absolute Gasteiger partial charge is 0.00260 e. The van der Waals surface area contributed by atoms with Crippen LogP contribution in [0.1, 0.15) is 17.5 Å². The molecule has 10 rings (SSSR count). The predicted molar refractivity (Wildman–Crippen MR) is 216 cm³/mol. The molecule has 0 aromatic heterocycles. The van der Waals surface area contributed by atoms with Gasteiger partial charge < -0.3 is 0 Å². The zero-order valence-electron chi connectivity index (χ0n) is 27.7. The molecule has 0 heteroatoms. The van der Waals surface area contributed by atoms with E-state index in [2.05, 4.69) is 182 Å². The molecule has 0 atom stereocenters. The van der Waals surface area contributed by atoms with E-state index in [0.29, 0.717) is 0 Å². The summed E-state index contributed by atoms with van der Waals surface area (Å²) in [7, 11) is 0. The Morgan fingerprint density at radius 1 is 0.340 bits per heavy atom. The van der Waals surface area contributed by atoms with Crippen molar-refractivity contribution < 1.29 is 0 Å². The van der Waals surface area contributed by atoms with Crippen molar-refractivity contribution in [2.24, 2.45) is 0 Å². The minimum absolute atomic E-state index is 1.07. The highest BCUT2D eigenvalue weighted by molar-refractivity contribution is 6.23. The minimum Gasteiger partial charge on any atom is -0.0836 e. The van der Waals surface area contributed by atoms with Crippen LogP contribution in [0.5, 0.6) is 0 Å². The summed E-state index contributed by atoms with van der Waals surface area (Å²) >= 11 is 0. The maximum absolute atomic E-state index is 2.46. The maximum atomic E-state index is 2.46. The lowest BCUT2D eigenvalue weighted by molar-refractivity contribution is 0.986. The van der Waals surface area contributed by atoms with Crippen LogP contribution in [0.15, 0.2) is 176 Å². The van der Waals surface area contributed by atoms with Gasteiger partial charge in [0, 0.05) is 0 Å². The van der Waals surface area contributed by atoms with Gasteiger partial charge in [-0.1, -0.05) is 170 Å². The third kappa shape index (κ3) is 4.68. The first-order chi connectivity index (χ1) is 24.8. The zero-order chi connectivity index (χ0) is 33.0. The van der Waals surface area contributed by atoms with E-state index in [1.807, 2.05) is 0 Å². The van der Waals surface area contributed by atoms with Gasteiger partial charge in [-0.2, -0.15) is 0 Å². The predicted octanol–water partition coefficient (Wildman–Crippen LogP) is 13.9. The average Bonchev–Trinajstić information content (AvgIpc) is 3.19. The van der Waals surface area contributed by atoms with Gasteiger partial charge in [0.15, 0.2) is 0 Å². The van der Waals surface area contributed by atoms with Gasteiger partial charge in [0.25, 0.3) is 0 Å². The minimum atomic E-state index is 1.07. The van der Waals surface area contributed by atoms with Gasteiger partial charge >= 0.3 is 0 Å². The summed E-state index contributed by atoms with van der Waals surface area (Å²) in [4.78, 5) is 0. The highest BCUT2D eigenvalue weighted by Gasteiger charge is 2.20. The molecule has 0 aliphatic heterocycles. The third-order valence-electron chi connectivity index (χ3n) is 10.7. The Hall–Kier alpha value is -6.24. The second-order valence-electron chi connectivity index (χ2n) is 13.5. The Bertz CT molecular complexity index is 2790. The highest BCUT2D eigenvalue weighted by Crippen LogP contribution is 2.47. The summed E-state index contributed by atoms with van der Waals surface area (Å²) < 4.78 is 0. The first kappa shape index (κ1) is 28.7. The molecular formula is C50H34.